The van der Waals surface area contributed by atoms with Crippen LogP contribution in [0, 0.1) is 0 Å². The van der Waals surface area contributed by atoms with Crippen molar-refractivity contribution in [3.05, 3.63) is 48.3 Å². The highest BCUT2D eigenvalue weighted by Gasteiger charge is 2.18. The molecule has 2 aromatic carbocycles. The average molecular weight is 487 g/mol. The second-order valence-corrected chi connectivity index (χ2v) is 7.79. The molecule has 180 valence electrons. The molecule has 0 bridgehead atoms. The molecule has 1 aromatic heterocycles. The molecule has 0 fully saturated rings. The molecule has 0 radical (unpaired) electrons. The van der Waals surface area contributed by atoms with Gasteiger partial charge in [-0.05, 0) is 30.2 Å². The number of nitrogens with one attached hydrogen (secondary N) is 2. The quantitative estimate of drug-likeness (QED) is 0.236. The van der Waals surface area contributed by atoms with Gasteiger partial charge >= 0.3 is 5.97 Å². The molecule has 1 unspecified atom stereocenters. The number of benzene rings is 2. The van der Waals surface area contributed by atoms with Gasteiger partial charge < -0.3 is 24.8 Å². The van der Waals surface area contributed by atoms with Crippen LogP contribution in [0.25, 0.3) is 10.9 Å². The number of methoxy groups -OCH3 is 2. The van der Waals surface area contributed by atoms with E-state index in [1.165, 1.54) is 20.4 Å². The number of amides is 1. The lowest BCUT2D eigenvalue weighted by molar-refractivity contribution is -0.141. The van der Waals surface area contributed by atoms with Crippen molar-refractivity contribution in [1.82, 2.24) is 15.3 Å². The molecule has 0 aliphatic carbocycles. The maximum atomic E-state index is 11.7. The molecule has 0 saturated heterocycles. The van der Waals surface area contributed by atoms with E-state index in [4.69, 9.17) is 25.8 Å². The Morgan fingerprint density at radius 2 is 1.85 bits per heavy atom. The third-order valence-electron chi connectivity index (χ3n) is 5.01. The summed E-state index contributed by atoms with van der Waals surface area (Å²) in [5.41, 5.74) is 2.24. The molecule has 1 amide bonds. The van der Waals surface area contributed by atoms with Crippen LogP contribution in [0.5, 0.6) is 11.5 Å². The number of esters is 1. The van der Waals surface area contributed by atoms with E-state index >= 15 is 0 Å². The van der Waals surface area contributed by atoms with E-state index < -0.39 is 12.0 Å². The molecule has 1 heterocycles. The first-order chi connectivity index (χ1) is 16.4. The number of anilines is 2. The van der Waals surface area contributed by atoms with Gasteiger partial charge in [-0.3, -0.25) is 9.59 Å². The van der Waals surface area contributed by atoms with E-state index in [0.29, 0.717) is 41.7 Å². The number of carbonyl (C=O) groups excluding carboxylic acids is 2. The lowest BCUT2D eigenvalue weighted by Gasteiger charge is -2.18. The zero-order chi connectivity index (χ0) is 24.5. The maximum Gasteiger partial charge on any atom is 0.307 e. The van der Waals surface area contributed by atoms with E-state index in [1.807, 2.05) is 30.3 Å². The summed E-state index contributed by atoms with van der Waals surface area (Å²) in [6, 6.07) is 10.5. The molecule has 0 aliphatic rings. The Balaban J connectivity index is 1.86. The molecule has 10 heteroatoms. The normalized spacial score (nSPS) is 11.5. The number of fused-ring (bicyclic) bond motifs is 1. The van der Waals surface area contributed by atoms with E-state index in [9.17, 15) is 9.59 Å². The summed E-state index contributed by atoms with van der Waals surface area (Å²) in [4.78, 5) is 32.0. The molecule has 3 aromatic rings. The first kappa shape index (κ1) is 25.0. The molecule has 3 rings (SSSR count). The summed E-state index contributed by atoms with van der Waals surface area (Å²) >= 11 is 5.75. The molecule has 0 spiro atoms. The van der Waals surface area contributed by atoms with Gasteiger partial charge in [-0.2, -0.15) is 0 Å². The van der Waals surface area contributed by atoms with Gasteiger partial charge in [0.15, 0.2) is 11.5 Å². The summed E-state index contributed by atoms with van der Waals surface area (Å²) in [7, 11) is 2.89. The Labute approximate surface area is 202 Å². The number of nitrogens with zero attached hydrogens (tertiary/aromatic N) is 2. The van der Waals surface area contributed by atoms with Crippen molar-refractivity contribution < 1.29 is 23.8 Å². The Bertz CT molecular complexity index is 1140. The molecule has 0 saturated carbocycles. The number of halogens is 1. The van der Waals surface area contributed by atoms with Crippen LogP contribution in [0.3, 0.4) is 0 Å². The van der Waals surface area contributed by atoms with E-state index in [2.05, 4.69) is 20.6 Å². The van der Waals surface area contributed by atoms with Crippen molar-refractivity contribution in [1.29, 1.82) is 0 Å². The van der Waals surface area contributed by atoms with Crippen molar-refractivity contribution in [2.75, 3.05) is 32.0 Å². The highest BCUT2D eigenvalue weighted by molar-refractivity contribution is 6.17. The van der Waals surface area contributed by atoms with Gasteiger partial charge in [-0.25, -0.2) is 9.97 Å². The molecule has 1 atom stereocenters. The summed E-state index contributed by atoms with van der Waals surface area (Å²) < 4.78 is 16.0. The monoisotopic (exact) mass is 486 g/mol. The third-order valence-corrected chi connectivity index (χ3v) is 5.28. The van der Waals surface area contributed by atoms with Crippen molar-refractivity contribution in [3.63, 3.8) is 0 Å². The minimum Gasteiger partial charge on any atom is -0.493 e. The largest absolute Gasteiger partial charge is 0.493 e. The zero-order valence-corrected chi connectivity index (χ0v) is 20.0. The summed E-state index contributed by atoms with van der Waals surface area (Å²) in [5.74, 6) is 1.61. The van der Waals surface area contributed by atoms with Gasteiger partial charge in [0.05, 0.1) is 38.8 Å². The van der Waals surface area contributed by atoms with Gasteiger partial charge in [0.1, 0.15) is 12.1 Å². The van der Waals surface area contributed by atoms with Gasteiger partial charge in [-0.1, -0.05) is 12.1 Å². The number of ether oxygens (including phenoxy) is 3. The number of rotatable bonds is 11. The Hall–Kier alpha value is -3.59. The first-order valence-corrected chi connectivity index (χ1v) is 11.2. The summed E-state index contributed by atoms with van der Waals surface area (Å²) in [5, 5.41) is 6.83. The summed E-state index contributed by atoms with van der Waals surface area (Å²) in [6.45, 7) is 1.87. The second-order valence-electron chi connectivity index (χ2n) is 7.41. The topological polar surface area (TPSA) is 112 Å². The van der Waals surface area contributed by atoms with Crippen LogP contribution in [-0.2, 0) is 14.3 Å². The first-order valence-electron chi connectivity index (χ1n) is 10.7. The lowest BCUT2D eigenvalue weighted by Crippen LogP contribution is -2.28. The molecular weight excluding hydrogens is 460 g/mol. The van der Waals surface area contributed by atoms with Crippen LogP contribution in [0.15, 0.2) is 42.7 Å². The van der Waals surface area contributed by atoms with Crippen LogP contribution >= 0.6 is 11.6 Å². The minimum atomic E-state index is -0.487. The maximum absolute atomic E-state index is 11.7. The van der Waals surface area contributed by atoms with E-state index in [0.717, 1.165) is 16.6 Å². The fourth-order valence-electron chi connectivity index (χ4n) is 3.36. The smallest absolute Gasteiger partial charge is 0.307 e. The van der Waals surface area contributed by atoms with Crippen molar-refractivity contribution in [2.24, 2.45) is 0 Å². The van der Waals surface area contributed by atoms with Crippen LogP contribution in [-0.4, -0.2) is 48.6 Å². The number of alkyl halides is 1. The van der Waals surface area contributed by atoms with Crippen LogP contribution in [0.1, 0.15) is 31.4 Å². The van der Waals surface area contributed by atoms with Gasteiger partial charge in [0.25, 0.3) is 0 Å². The number of hydrogen-bond donors (Lipinski definition) is 2. The number of hydrogen-bond acceptors (Lipinski definition) is 8. The minimum absolute atomic E-state index is 0.0354. The van der Waals surface area contributed by atoms with Gasteiger partial charge in [0, 0.05) is 29.9 Å². The standard InChI is InChI=1S/C24H27ClN4O5/c1-15(30)28-19(13-23(31)33-3)16-5-7-17(8-6-16)29-24-18-11-22(34-10-4-9-25)21(32-2)12-20(18)26-14-27-24/h5-8,11-12,14,19H,4,9-10,13H2,1-3H3,(H,28,30)(H,26,27,29). The van der Waals surface area contributed by atoms with Crippen LogP contribution in [0.2, 0.25) is 0 Å². The molecule has 2 N–H and O–H groups in total. The predicted octanol–water partition coefficient (Wildman–Crippen LogP) is 4.13. The molecule has 34 heavy (non-hydrogen) atoms. The van der Waals surface area contributed by atoms with E-state index in [-0.39, 0.29) is 12.3 Å². The second kappa shape index (κ2) is 12.0. The SMILES string of the molecule is COC(=O)CC(NC(C)=O)c1ccc(Nc2ncnc3cc(OC)c(OCCCCl)cc23)cc1. The molecule has 0 aliphatic heterocycles. The highest BCUT2D eigenvalue weighted by atomic mass is 35.5. The van der Waals surface area contributed by atoms with Crippen molar-refractivity contribution in [3.8, 4) is 11.5 Å². The van der Waals surface area contributed by atoms with Gasteiger partial charge in [-0.15, -0.1) is 11.6 Å². The van der Waals surface area contributed by atoms with Gasteiger partial charge in [0.2, 0.25) is 5.91 Å². The van der Waals surface area contributed by atoms with Crippen LogP contribution < -0.4 is 20.1 Å². The Morgan fingerprint density at radius 1 is 1.09 bits per heavy atom. The number of aromatic nitrogens is 2. The third kappa shape index (κ3) is 6.48. The molecule has 9 nitrogen and oxygen atoms in total. The summed E-state index contributed by atoms with van der Waals surface area (Å²) in [6.07, 6.45) is 2.21. The Kier molecular flexibility index (Phi) is 8.86. The fraction of sp³-hybridized carbons (Fsp3) is 0.333. The fourth-order valence-corrected chi connectivity index (χ4v) is 3.46. The number of carbonyl (C=O) groups is 2. The van der Waals surface area contributed by atoms with Crippen LogP contribution in [0.4, 0.5) is 11.5 Å². The van der Waals surface area contributed by atoms with E-state index in [1.54, 1.807) is 13.2 Å². The highest BCUT2D eigenvalue weighted by Crippen LogP contribution is 2.35. The Morgan fingerprint density at radius 3 is 2.50 bits per heavy atom. The molecular formula is C24H27ClN4O5. The lowest BCUT2D eigenvalue weighted by atomic mass is 10.0. The van der Waals surface area contributed by atoms with Crippen molar-refractivity contribution in [2.45, 2.75) is 25.8 Å². The predicted molar refractivity (Wildman–Crippen MR) is 130 cm³/mol. The van der Waals surface area contributed by atoms with Crippen molar-refractivity contribution >= 4 is 45.9 Å². The average Bonchev–Trinajstić information content (AvgIpc) is 2.83. The zero-order valence-electron chi connectivity index (χ0n) is 19.3.